The van der Waals surface area contributed by atoms with Crippen molar-refractivity contribution in [2.75, 3.05) is 0 Å². The first-order valence-electron chi connectivity index (χ1n) is 6.89. The van der Waals surface area contributed by atoms with Crippen LogP contribution in [0.4, 0.5) is 0 Å². The highest BCUT2D eigenvalue weighted by Gasteiger charge is 2.06. The maximum absolute atomic E-state index is 2.21. The Bertz CT molecular complexity index is 821. The molecule has 0 saturated heterocycles. The second kappa shape index (κ2) is 5.45. The number of fused-ring (bicyclic) bond motifs is 2. The maximum atomic E-state index is 2.21. The highest BCUT2D eigenvalue weighted by atomic mass is 14.1. The standard InChI is InChI=1S/C20H14.BH3/c1-3-11-17-15(7-1)9-5-13-19(17)20-14-6-10-16-8-2-4-12-18(16)20;/h1-14H;1H3. The van der Waals surface area contributed by atoms with Gasteiger partial charge in [0.15, 0.2) is 0 Å². The van der Waals surface area contributed by atoms with Crippen molar-refractivity contribution in [3.8, 4) is 11.1 Å². The van der Waals surface area contributed by atoms with Crippen LogP contribution in [0.2, 0.25) is 0 Å². The number of rotatable bonds is 1. The molecule has 0 nitrogen and oxygen atoms in total. The summed E-state index contributed by atoms with van der Waals surface area (Å²) in [4.78, 5) is 0. The summed E-state index contributed by atoms with van der Waals surface area (Å²) in [7, 11) is 0. The minimum atomic E-state index is 0. The van der Waals surface area contributed by atoms with Gasteiger partial charge in [-0.15, -0.1) is 0 Å². The van der Waals surface area contributed by atoms with Gasteiger partial charge in [-0.2, -0.15) is 0 Å². The van der Waals surface area contributed by atoms with Crippen LogP contribution in [0.3, 0.4) is 0 Å². The zero-order chi connectivity index (χ0) is 13.4. The zero-order valence-electron chi connectivity index (χ0n) is 11.1. The van der Waals surface area contributed by atoms with E-state index in [-0.39, 0.29) is 8.41 Å². The highest BCUT2D eigenvalue weighted by molar-refractivity contribution is 6.05. The van der Waals surface area contributed by atoms with E-state index in [1.165, 1.54) is 32.7 Å². The van der Waals surface area contributed by atoms with Crippen molar-refractivity contribution in [3.05, 3.63) is 84.9 Å². The summed E-state index contributed by atoms with van der Waals surface area (Å²) < 4.78 is 0. The van der Waals surface area contributed by atoms with Crippen molar-refractivity contribution in [3.63, 3.8) is 0 Å². The van der Waals surface area contributed by atoms with Crippen molar-refractivity contribution < 1.29 is 0 Å². The molecular weight excluding hydrogens is 251 g/mol. The first kappa shape index (κ1) is 13.4. The van der Waals surface area contributed by atoms with Crippen LogP contribution >= 0.6 is 0 Å². The van der Waals surface area contributed by atoms with Gasteiger partial charge in [-0.25, -0.2) is 0 Å². The van der Waals surface area contributed by atoms with E-state index in [0.29, 0.717) is 0 Å². The molecule has 0 heterocycles. The van der Waals surface area contributed by atoms with Gasteiger partial charge in [0.25, 0.3) is 0 Å². The summed E-state index contributed by atoms with van der Waals surface area (Å²) in [6, 6.07) is 30.2. The van der Waals surface area contributed by atoms with E-state index in [1.54, 1.807) is 0 Å². The normalized spacial score (nSPS) is 10.5. The van der Waals surface area contributed by atoms with Crippen LogP contribution in [-0.2, 0) is 0 Å². The summed E-state index contributed by atoms with van der Waals surface area (Å²) in [5, 5.41) is 5.20. The van der Waals surface area contributed by atoms with E-state index in [0.717, 1.165) is 0 Å². The van der Waals surface area contributed by atoms with Gasteiger partial charge in [0.1, 0.15) is 0 Å². The van der Waals surface area contributed by atoms with Crippen LogP contribution in [0.1, 0.15) is 0 Å². The Hall–Kier alpha value is -2.54. The monoisotopic (exact) mass is 268 g/mol. The summed E-state index contributed by atoms with van der Waals surface area (Å²) in [5.41, 5.74) is 2.61. The molecule has 0 saturated carbocycles. The van der Waals surface area contributed by atoms with Crippen LogP contribution in [0.25, 0.3) is 32.7 Å². The Morgan fingerprint density at radius 3 is 1.24 bits per heavy atom. The van der Waals surface area contributed by atoms with Gasteiger partial charge in [-0.05, 0) is 32.7 Å². The summed E-state index contributed by atoms with van der Waals surface area (Å²) in [6.07, 6.45) is 0. The molecule has 4 rings (SSSR count). The lowest BCUT2D eigenvalue weighted by Gasteiger charge is -2.10. The molecule has 0 N–H and O–H groups in total. The number of hydrogen-bond donors (Lipinski definition) is 0. The number of hydrogen-bond acceptors (Lipinski definition) is 0. The molecule has 0 unspecified atom stereocenters. The summed E-state index contributed by atoms with van der Waals surface area (Å²) in [6.45, 7) is 0. The predicted octanol–water partition coefficient (Wildman–Crippen LogP) is 4.48. The second-order valence-electron chi connectivity index (χ2n) is 5.05. The third-order valence-electron chi connectivity index (χ3n) is 3.87. The lowest BCUT2D eigenvalue weighted by molar-refractivity contribution is 1.68. The molecule has 0 aliphatic heterocycles. The first-order valence-corrected chi connectivity index (χ1v) is 6.89. The van der Waals surface area contributed by atoms with Gasteiger partial charge >= 0.3 is 0 Å². The maximum Gasteiger partial charge on any atom is 0.0814 e. The molecule has 21 heavy (non-hydrogen) atoms. The zero-order valence-corrected chi connectivity index (χ0v) is 11.1. The molecule has 0 radical (unpaired) electrons. The lowest BCUT2D eigenvalue weighted by Crippen LogP contribution is -1.83. The third-order valence-corrected chi connectivity index (χ3v) is 3.87. The van der Waals surface area contributed by atoms with Crippen LogP contribution in [0.15, 0.2) is 84.9 Å². The van der Waals surface area contributed by atoms with E-state index in [1.807, 2.05) is 0 Å². The van der Waals surface area contributed by atoms with Crippen molar-refractivity contribution in [1.82, 2.24) is 0 Å². The van der Waals surface area contributed by atoms with E-state index in [9.17, 15) is 0 Å². The molecule has 0 spiro atoms. The van der Waals surface area contributed by atoms with E-state index in [2.05, 4.69) is 84.9 Å². The van der Waals surface area contributed by atoms with E-state index < -0.39 is 0 Å². The average molecular weight is 268 g/mol. The molecule has 0 aliphatic carbocycles. The smallest absolute Gasteiger partial charge is 0.0616 e. The van der Waals surface area contributed by atoms with Crippen molar-refractivity contribution in [1.29, 1.82) is 0 Å². The minimum absolute atomic E-state index is 0. The highest BCUT2D eigenvalue weighted by Crippen LogP contribution is 2.33. The first-order chi connectivity index (χ1) is 9.93. The predicted molar refractivity (Wildman–Crippen MR) is 96.8 cm³/mol. The molecule has 1 heteroatoms. The van der Waals surface area contributed by atoms with Crippen molar-refractivity contribution in [2.45, 2.75) is 0 Å². The second-order valence-corrected chi connectivity index (χ2v) is 5.05. The van der Waals surface area contributed by atoms with Crippen LogP contribution in [0.5, 0.6) is 0 Å². The topological polar surface area (TPSA) is 0 Å². The van der Waals surface area contributed by atoms with Gasteiger partial charge < -0.3 is 0 Å². The Balaban J connectivity index is 0.00000132. The molecule has 0 fully saturated rings. The molecule has 0 bridgehead atoms. The Morgan fingerprint density at radius 2 is 0.762 bits per heavy atom. The van der Waals surface area contributed by atoms with E-state index in [4.69, 9.17) is 0 Å². The Labute approximate surface area is 126 Å². The van der Waals surface area contributed by atoms with Gasteiger partial charge in [-0.3, -0.25) is 0 Å². The van der Waals surface area contributed by atoms with Crippen LogP contribution in [-0.4, -0.2) is 8.41 Å². The molecule has 4 aromatic carbocycles. The largest absolute Gasteiger partial charge is 0.0814 e. The fourth-order valence-corrected chi connectivity index (χ4v) is 2.92. The van der Waals surface area contributed by atoms with Crippen LogP contribution < -0.4 is 0 Å². The summed E-state index contributed by atoms with van der Waals surface area (Å²) >= 11 is 0. The molecule has 0 amide bonds. The molecule has 0 aromatic heterocycles. The fraction of sp³-hybridized carbons (Fsp3) is 0. The Kier molecular flexibility index (Phi) is 3.49. The Morgan fingerprint density at radius 1 is 0.381 bits per heavy atom. The molecular formula is C20H17B. The quantitative estimate of drug-likeness (QED) is 0.447. The summed E-state index contributed by atoms with van der Waals surface area (Å²) in [5.74, 6) is 0. The molecule has 0 atom stereocenters. The van der Waals surface area contributed by atoms with Crippen LogP contribution in [0, 0.1) is 0 Å². The molecule has 100 valence electrons. The molecule has 4 aromatic rings. The van der Waals surface area contributed by atoms with Gasteiger partial charge in [0.05, 0.1) is 8.41 Å². The van der Waals surface area contributed by atoms with Crippen molar-refractivity contribution in [2.24, 2.45) is 0 Å². The lowest BCUT2D eigenvalue weighted by atomic mass is 9.94. The van der Waals surface area contributed by atoms with Gasteiger partial charge in [-0.1, -0.05) is 84.9 Å². The fourth-order valence-electron chi connectivity index (χ4n) is 2.92. The van der Waals surface area contributed by atoms with Gasteiger partial charge in [0.2, 0.25) is 0 Å². The van der Waals surface area contributed by atoms with Gasteiger partial charge in [0, 0.05) is 0 Å². The van der Waals surface area contributed by atoms with E-state index >= 15 is 0 Å². The average Bonchev–Trinajstić information content (AvgIpc) is 2.54. The third kappa shape index (κ3) is 2.21. The van der Waals surface area contributed by atoms with Crippen molar-refractivity contribution >= 4 is 30.0 Å². The SMILES string of the molecule is B.c1ccc2c(-c3cccc4ccccc34)cccc2c1. The number of benzene rings is 4. The molecule has 0 aliphatic rings. The minimum Gasteiger partial charge on any atom is -0.0616 e.